The highest BCUT2D eigenvalue weighted by Gasteiger charge is 2.18. The van der Waals surface area contributed by atoms with E-state index in [0.29, 0.717) is 13.2 Å². The van der Waals surface area contributed by atoms with E-state index in [1.165, 1.54) is 25.9 Å². The lowest BCUT2D eigenvalue weighted by Gasteiger charge is -2.32. The fourth-order valence-corrected chi connectivity index (χ4v) is 2.72. The Morgan fingerprint density at radius 1 is 1.04 bits per heavy atom. The van der Waals surface area contributed by atoms with Gasteiger partial charge in [0.25, 0.3) is 0 Å². The second-order valence-electron chi connectivity index (χ2n) is 6.12. The molecule has 1 aliphatic rings. The fraction of sp³-hybridized carbons (Fsp3) is 0.941. The van der Waals surface area contributed by atoms with Crippen LogP contribution in [0.3, 0.4) is 0 Å². The highest BCUT2D eigenvalue weighted by atomic mass is 16.5. The van der Waals surface area contributed by atoms with Gasteiger partial charge in [-0.2, -0.15) is 0 Å². The minimum Gasteiger partial charge on any atom is -0.383 e. The third-order valence-corrected chi connectivity index (χ3v) is 4.29. The molecule has 2 N–H and O–H groups in total. The number of rotatable bonds is 12. The summed E-state index contributed by atoms with van der Waals surface area (Å²) in [5, 5.41) is 6.78. The van der Waals surface area contributed by atoms with Crippen molar-refractivity contribution >= 4 is 5.96 Å². The van der Waals surface area contributed by atoms with E-state index < -0.39 is 0 Å². The van der Waals surface area contributed by atoms with Crippen LogP contribution in [0.4, 0.5) is 0 Å². The average molecular weight is 345 g/mol. The van der Waals surface area contributed by atoms with Crippen LogP contribution in [0.5, 0.6) is 0 Å². The van der Waals surface area contributed by atoms with Crippen LogP contribution in [0.25, 0.3) is 0 Å². The largest absolute Gasteiger partial charge is 0.383 e. The maximum Gasteiger partial charge on any atom is 0.190 e. The normalized spacial score (nSPS) is 17.2. The Labute approximate surface area is 147 Å². The van der Waals surface area contributed by atoms with Gasteiger partial charge < -0.3 is 29.7 Å². The molecule has 1 rings (SSSR count). The van der Waals surface area contributed by atoms with Crippen LogP contribution in [0.1, 0.15) is 19.3 Å². The summed E-state index contributed by atoms with van der Waals surface area (Å²) in [6.45, 7) is 8.12. The van der Waals surface area contributed by atoms with Crippen molar-refractivity contribution in [3.63, 3.8) is 0 Å². The van der Waals surface area contributed by atoms with Crippen molar-refractivity contribution in [1.29, 1.82) is 0 Å². The summed E-state index contributed by atoms with van der Waals surface area (Å²) < 4.78 is 15.5. The molecule has 142 valence electrons. The summed E-state index contributed by atoms with van der Waals surface area (Å²) in [7, 11) is 5.27. The van der Waals surface area contributed by atoms with Crippen LogP contribution in [0, 0.1) is 5.92 Å². The van der Waals surface area contributed by atoms with Gasteiger partial charge >= 0.3 is 0 Å². The molecule has 1 heterocycles. The molecule has 0 amide bonds. The van der Waals surface area contributed by atoms with Crippen molar-refractivity contribution in [3.8, 4) is 0 Å². The average Bonchev–Trinajstić information content (AvgIpc) is 2.62. The summed E-state index contributed by atoms with van der Waals surface area (Å²) in [5.74, 6) is 1.61. The topological polar surface area (TPSA) is 67.4 Å². The number of piperidine rings is 1. The van der Waals surface area contributed by atoms with E-state index in [1.807, 2.05) is 7.05 Å². The first-order valence-electron chi connectivity index (χ1n) is 9.02. The maximum absolute atomic E-state index is 5.44. The number of methoxy groups -OCH3 is 2. The molecule has 0 atom stereocenters. The van der Waals surface area contributed by atoms with Gasteiger partial charge in [0, 0.05) is 47.5 Å². The number of nitrogens with zero attached hydrogens (tertiary/aromatic N) is 2. The van der Waals surface area contributed by atoms with Crippen molar-refractivity contribution < 1.29 is 14.2 Å². The molecular weight excluding hydrogens is 308 g/mol. The van der Waals surface area contributed by atoms with Crippen LogP contribution in [-0.4, -0.2) is 91.3 Å². The highest BCUT2D eigenvalue weighted by Crippen LogP contribution is 2.15. The Bertz CT molecular complexity index is 321. The highest BCUT2D eigenvalue weighted by molar-refractivity contribution is 5.79. The van der Waals surface area contributed by atoms with Crippen molar-refractivity contribution in [2.75, 3.05) is 80.4 Å². The van der Waals surface area contributed by atoms with Crippen LogP contribution < -0.4 is 10.6 Å². The lowest BCUT2D eigenvalue weighted by Crippen LogP contribution is -2.43. The molecule has 0 aliphatic carbocycles. The van der Waals surface area contributed by atoms with E-state index in [-0.39, 0.29) is 0 Å². The zero-order valence-electron chi connectivity index (χ0n) is 15.7. The lowest BCUT2D eigenvalue weighted by atomic mass is 9.97. The van der Waals surface area contributed by atoms with E-state index in [0.717, 1.165) is 51.1 Å². The number of ether oxygens (including phenoxy) is 3. The van der Waals surface area contributed by atoms with Crippen LogP contribution >= 0.6 is 0 Å². The first-order chi connectivity index (χ1) is 11.8. The van der Waals surface area contributed by atoms with Gasteiger partial charge in [-0.15, -0.1) is 0 Å². The minimum absolute atomic E-state index is 0.654. The van der Waals surface area contributed by atoms with E-state index in [4.69, 9.17) is 14.2 Å². The number of likely N-dealkylation sites (tertiary alicyclic amines) is 1. The van der Waals surface area contributed by atoms with Crippen molar-refractivity contribution in [1.82, 2.24) is 15.5 Å². The van der Waals surface area contributed by atoms with Gasteiger partial charge in [-0.05, 0) is 38.3 Å². The first kappa shape index (κ1) is 21.2. The Kier molecular flexibility index (Phi) is 12.7. The Balaban J connectivity index is 2.04. The number of hydrogen-bond donors (Lipinski definition) is 2. The second-order valence-corrected chi connectivity index (χ2v) is 6.12. The molecule has 0 radical (unpaired) electrons. The molecule has 0 unspecified atom stereocenters. The third-order valence-electron chi connectivity index (χ3n) is 4.29. The Morgan fingerprint density at radius 3 is 2.46 bits per heavy atom. The molecule has 7 nitrogen and oxygen atoms in total. The monoisotopic (exact) mass is 344 g/mol. The zero-order valence-corrected chi connectivity index (χ0v) is 15.7. The molecule has 0 aromatic rings. The zero-order chi connectivity index (χ0) is 17.5. The van der Waals surface area contributed by atoms with E-state index in [9.17, 15) is 0 Å². The molecular formula is C17H36N4O3. The Hall–Kier alpha value is -0.890. The van der Waals surface area contributed by atoms with Gasteiger partial charge in [-0.25, -0.2) is 0 Å². The summed E-state index contributed by atoms with van der Waals surface area (Å²) in [6, 6.07) is 0. The molecule has 1 aliphatic heterocycles. The van der Waals surface area contributed by atoms with Crippen LogP contribution in [-0.2, 0) is 14.2 Å². The molecule has 24 heavy (non-hydrogen) atoms. The van der Waals surface area contributed by atoms with Crippen molar-refractivity contribution in [3.05, 3.63) is 0 Å². The number of guanidine groups is 1. The van der Waals surface area contributed by atoms with Gasteiger partial charge in [0.1, 0.15) is 0 Å². The standard InChI is InChI=1S/C17H36N4O3/c1-18-17(19-7-4-11-24-14-13-23-3)20-15-16-5-8-21(9-6-16)10-12-22-2/h16H,4-15H2,1-3H3,(H2,18,19,20). The lowest BCUT2D eigenvalue weighted by molar-refractivity contribution is 0.0698. The molecule has 0 aromatic carbocycles. The van der Waals surface area contributed by atoms with Crippen molar-refractivity contribution in [2.24, 2.45) is 10.9 Å². The molecule has 1 saturated heterocycles. The van der Waals surface area contributed by atoms with Gasteiger partial charge in [0.2, 0.25) is 0 Å². The van der Waals surface area contributed by atoms with Crippen LogP contribution in [0.2, 0.25) is 0 Å². The number of nitrogens with one attached hydrogen (secondary N) is 2. The van der Waals surface area contributed by atoms with E-state index in [1.54, 1.807) is 14.2 Å². The van der Waals surface area contributed by atoms with Crippen molar-refractivity contribution in [2.45, 2.75) is 19.3 Å². The van der Waals surface area contributed by atoms with Gasteiger partial charge in [-0.3, -0.25) is 4.99 Å². The van der Waals surface area contributed by atoms with E-state index >= 15 is 0 Å². The molecule has 7 heteroatoms. The quantitative estimate of drug-likeness (QED) is 0.306. The summed E-state index contributed by atoms with van der Waals surface area (Å²) in [6.07, 6.45) is 3.43. The summed E-state index contributed by atoms with van der Waals surface area (Å²) in [4.78, 5) is 6.76. The molecule has 0 saturated carbocycles. The smallest absolute Gasteiger partial charge is 0.190 e. The first-order valence-corrected chi connectivity index (χ1v) is 9.02. The van der Waals surface area contributed by atoms with Gasteiger partial charge in [0.15, 0.2) is 5.96 Å². The van der Waals surface area contributed by atoms with Crippen LogP contribution in [0.15, 0.2) is 4.99 Å². The molecule has 1 fully saturated rings. The molecule has 0 spiro atoms. The number of hydrogen-bond acceptors (Lipinski definition) is 5. The predicted molar refractivity (Wildman–Crippen MR) is 97.7 cm³/mol. The third kappa shape index (κ3) is 10.1. The Morgan fingerprint density at radius 2 is 1.79 bits per heavy atom. The van der Waals surface area contributed by atoms with E-state index in [2.05, 4.69) is 20.5 Å². The molecule has 0 aromatic heterocycles. The van der Waals surface area contributed by atoms with Gasteiger partial charge in [0.05, 0.1) is 19.8 Å². The summed E-state index contributed by atoms with van der Waals surface area (Å²) >= 11 is 0. The molecule has 0 bridgehead atoms. The summed E-state index contributed by atoms with van der Waals surface area (Å²) in [5.41, 5.74) is 0. The maximum atomic E-state index is 5.44. The predicted octanol–water partition coefficient (Wildman–Crippen LogP) is 0.563. The number of aliphatic imine (C=N–C) groups is 1. The fourth-order valence-electron chi connectivity index (χ4n) is 2.72. The minimum atomic E-state index is 0.654. The SMILES string of the molecule is CN=C(NCCCOCCOC)NCC1CCN(CCOC)CC1. The second kappa shape index (κ2) is 14.5. The van der Waals surface area contributed by atoms with Gasteiger partial charge in [-0.1, -0.05) is 0 Å².